The van der Waals surface area contributed by atoms with Crippen molar-refractivity contribution >= 4 is 0 Å². The first-order valence-corrected chi connectivity index (χ1v) is 5.72. The average molecular weight is 187 g/mol. The lowest BCUT2D eigenvalue weighted by Gasteiger charge is -2.14. The molecule has 0 bridgehead atoms. The Hall–Kier alpha value is -0.820. The van der Waals surface area contributed by atoms with Crippen LogP contribution in [0.2, 0.25) is 0 Å². The Morgan fingerprint density at radius 3 is 2.50 bits per heavy atom. The van der Waals surface area contributed by atoms with Crippen LogP contribution in [-0.4, -0.2) is 24.0 Å². The minimum Gasteiger partial charge on any atom is -0.300 e. The van der Waals surface area contributed by atoms with Crippen molar-refractivity contribution in [2.45, 2.75) is 31.2 Å². The number of likely N-dealkylation sites (tertiary alicyclic amines) is 1. The first-order valence-electron chi connectivity index (χ1n) is 5.72. The van der Waals surface area contributed by atoms with E-state index < -0.39 is 0 Å². The molecule has 0 radical (unpaired) electrons. The quantitative estimate of drug-likeness (QED) is 0.688. The van der Waals surface area contributed by atoms with Gasteiger partial charge in [0.25, 0.3) is 0 Å². The van der Waals surface area contributed by atoms with E-state index in [2.05, 4.69) is 35.2 Å². The second kappa shape index (κ2) is 3.39. The smallest absolute Gasteiger partial charge is 0.00966 e. The van der Waals surface area contributed by atoms with Crippen LogP contribution in [0.4, 0.5) is 0 Å². The molecule has 1 atom stereocenters. The molecule has 2 fully saturated rings. The molecule has 74 valence electrons. The predicted molar refractivity (Wildman–Crippen MR) is 58.4 cm³/mol. The predicted octanol–water partition coefficient (Wildman–Crippen LogP) is 2.64. The number of rotatable bonds is 2. The van der Waals surface area contributed by atoms with Gasteiger partial charge in [-0.15, -0.1) is 0 Å². The van der Waals surface area contributed by atoms with Gasteiger partial charge in [-0.25, -0.2) is 0 Å². The molecule has 0 unspecified atom stereocenters. The highest BCUT2D eigenvalue weighted by atomic mass is 15.2. The monoisotopic (exact) mass is 187 g/mol. The average Bonchev–Trinajstić information content (AvgIpc) is 2.98. The summed E-state index contributed by atoms with van der Waals surface area (Å²) in [5.74, 6) is 0.803. The molecule has 0 N–H and O–H groups in total. The topological polar surface area (TPSA) is 3.24 Å². The highest BCUT2D eigenvalue weighted by molar-refractivity contribution is 5.21. The number of hydrogen-bond donors (Lipinski definition) is 0. The molecule has 1 saturated carbocycles. The standard InChI is InChI=1S/C13H17N/c1-2-4-11(5-3-1)12-8-9-14(10-12)13-6-7-13/h1-5,12-13H,6-10H2/t12-/m1/s1. The summed E-state index contributed by atoms with van der Waals surface area (Å²) >= 11 is 0. The fourth-order valence-electron chi connectivity index (χ4n) is 2.56. The molecule has 0 spiro atoms. The van der Waals surface area contributed by atoms with Gasteiger partial charge in [-0.3, -0.25) is 4.90 Å². The summed E-state index contributed by atoms with van der Waals surface area (Å²) in [5, 5.41) is 0. The summed E-state index contributed by atoms with van der Waals surface area (Å²) < 4.78 is 0. The van der Waals surface area contributed by atoms with Crippen molar-refractivity contribution in [3.8, 4) is 0 Å². The minimum atomic E-state index is 0.803. The summed E-state index contributed by atoms with van der Waals surface area (Å²) in [6.45, 7) is 2.62. The van der Waals surface area contributed by atoms with Crippen molar-refractivity contribution in [2.24, 2.45) is 0 Å². The van der Waals surface area contributed by atoms with E-state index >= 15 is 0 Å². The van der Waals surface area contributed by atoms with Gasteiger partial charge in [-0.05, 0) is 37.3 Å². The van der Waals surface area contributed by atoms with Crippen LogP contribution >= 0.6 is 0 Å². The summed E-state index contributed by atoms with van der Waals surface area (Å²) in [5.41, 5.74) is 1.54. The van der Waals surface area contributed by atoms with Gasteiger partial charge in [0.15, 0.2) is 0 Å². The van der Waals surface area contributed by atoms with Crippen LogP contribution in [0.15, 0.2) is 30.3 Å². The highest BCUT2D eigenvalue weighted by Crippen LogP contribution is 2.35. The molecule has 1 heterocycles. The lowest BCUT2D eigenvalue weighted by atomic mass is 9.99. The molecule has 1 aliphatic heterocycles. The molecule has 2 aliphatic rings. The van der Waals surface area contributed by atoms with Crippen molar-refractivity contribution in [1.29, 1.82) is 0 Å². The molecule has 3 rings (SSSR count). The number of hydrogen-bond acceptors (Lipinski definition) is 1. The number of nitrogens with zero attached hydrogens (tertiary/aromatic N) is 1. The molecule has 1 aromatic rings. The maximum atomic E-state index is 2.68. The van der Waals surface area contributed by atoms with Crippen LogP contribution in [0.1, 0.15) is 30.7 Å². The third-order valence-corrected chi connectivity index (χ3v) is 3.55. The summed E-state index contributed by atoms with van der Waals surface area (Å²) in [6, 6.07) is 11.9. The zero-order chi connectivity index (χ0) is 9.38. The van der Waals surface area contributed by atoms with Gasteiger partial charge in [0.1, 0.15) is 0 Å². The summed E-state index contributed by atoms with van der Waals surface area (Å²) in [6.07, 6.45) is 4.25. The normalized spacial score (nSPS) is 28.1. The van der Waals surface area contributed by atoms with Crippen molar-refractivity contribution in [2.75, 3.05) is 13.1 Å². The van der Waals surface area contributed by atoms with Gasteiger partial charge in [-0.1, -0.05) is 30.3 Å². The Morgan fingerprint density at radius 1 is 1.00 bits per heavy atom. The maximum absolute atomic E-state index is 2.68. The van der Waals surface area contributed by atoms with E-state index in [0.29, 0.717) is 0 Å². The van der Waals surface area contributed by atoms with Gasteiger partial charge in [0.05, 0.1) is 0 Å². The van der Waals surface area contributed by atoms with E-state index in [1.54, 1.807) is 0 Å². The molecule has 1 heteroatoms. The molecular formula is C13H17N. The third kappa shape index (κ3) is 1.57. The molecule has 1 nitrogen and oxygen atoms in total. The molecule has 0 amide bonds. The zero-order valence-electron chi connectivity index (χ0n) is 8.52. The largest absolute Gasteiger partial charge is 0.300 e. The second-order valence-corrected chi connectivity index (χ2v) is 4.62. The Kier molecular flexibility index (Phi) is 2.06. The van der Waals surface area contributed by atoms with Gasteiger partial charge < -0.3 is 0 Å². The summed E-state index contributed by atoms with van der Waals surface area (Å²) in [7, 11) is 0. The Balaban J connectivity index is 1.70. The van der Waals surface area contributed by atoms with Gasteiger partial charge >= 0.3 is 0 Å². The van der Waals surface area contributed by atoms with Crippen molar-refractivity contribution in [1.82, 2.24) is 4.90 Å². The van der Waals surface area contributed by atoms with Crippen LogP contribution < -0.4 is 0 Å². The lowest BCUT2D eigenvalue weighted by Crippen LogP contribution is -2.22. The van der Waals surface area contributed by atoms with E-state index in [1.807, 2.05) is 0 Å². The molecule has 1 aromatic carbocycles. The first kappa shape index (κ1) is 8.49. The SMILES string of the molecule is c1ccc([C@@H]2CCN(C3CC3)C2)cc1. The Labute approximate surface area is 85.7 Å². The fraction of sp³-hybridized carbons (Fsp3) is 0.538. The minimum absolute atomic E-state index is 0.803. The van der Waals surface area contributed by atoms with Crippen molar-refractivity contribution < 1.29 is 0 Å². The molecule has 1 aliphatic carbocycles. The molecule has 1 saturated heterocycles. The van der Waals surface area contributed by atoms with Crippen molar-refractivity contribution in [3.05, 3.63) is 35.9 Å². The second-order valence-electron chi connectivity index (χ2n) is 4.62. The molecule has 0 aromatic heterocycles. The van der Waals surface area contributed by atoms with Gasteiger partial charge in [0.2, 0.25) is 0 Å². The Morgan fingerprint density at radius 2 is 1.79 bits per heavy atom. The van der Waals surface area contributed by atoms with Gasteiger partial charge in [-0.2, -0.15) is 0 Å². The van der Waals surface area contributed by atoms with Crippen LogP contribution in [-0.2, 0) is 0 Å². The van der Waals surface area contributed by atoms with E-state index in [-0.39, 0.29) is 0 Å². The first-order chi connectivity index (χ1) is 6.93. The molecular weight excluding hydrogens is 170 g/mol. The third-order valence-electron chi connectivity index (χ3n) is 3.55. The van der Waals surface area contributed by atoms with Crippen LogP contribution in [0.25, 0.3) is 0 Å². The van der Waals surface area contributed by atoms with Crippen molar-refractivity contribution in [3.63, 3.8) is 0 Å². The molecule has 14 heavy (non-hydrogen) atoms. The fourth-order valence-corrected chi connectivity index (χ4v) is 2.56. The maximum Gasteiger partial charge on any atom is 0.00966 e. The zero-order valence-corrected chi connectivity index (χ0v) is 8.52. The van der Waals surface area contributed by atoms with Crippen LogP contribution in [0.3, 0.4) is 0 Å². The van der Waals surface area contributed by atoms with E-state index in [1.165, 1.54) is 37.9 Å². The Bertz CT molecular complexity index is 302. The van der Waals surface area contributed by atoms with E-state index in [0.717, 1.165) is 12.0 Å². The summed E-state index contributed by atoms with van der Waals surface area (Å²) in [4.78, 5) is 2.68. The van der Waals surface area contributed by atoms with Crippen LogP contribution in [0, 0.1) is 0 Å². The lowest BCUT2D eigenvalue weighted by molar-refractivity contribution is 0.324. The van der Waals surface area contributed by atoms with Gasteiger partial charge in [0, 0.05) is 12.6 Å². The highest BCUT2D eigenvalue weighted by Gasteiger charge is 2.34. The van der Waals surface area contributed by atoms with Crippen LogP contribution in [0.5, 0.6) is 0 Å². The number of benzene rings is 1. The van der Waals surface area contributed by atoms with E-state index in [4.69, 9.17) is 0 Å². The van der Waals surface area contributed by atoms with E-state index in [9.17, 15) is 0 Å².